The lowest BCUT2D eigenvalue weighted by Gasteiger charge is -2.27. The lowest BCUT2D eigenvalue weighted by molar-refractivity contribution is -0.160. The van der Waals surface area contributed by atoms with Gasteiger partial charge in [-0.2, -0.15) is 0 Å². The van der Waals surface area contributed by atoms with E-state index in [0.717, 1.165) is 25.1 Å². The van der Waals surface area contributed by atoms with Crippen molar-refractivity contribution in [2.45, 2.75) is 51.8 Å². The van der Waals surface area contributed by atoms with E-state index in [1.165, 1.54) is 0 Å². The van der Waals surface area contributed by atoms with Crippen LogP contribution in [0.5, 0.6) is 0 Å². The summed E-state index contributed by atoms with van der Waals surface area (Å²) in [6.45, 7) is 7.19. The maximum atomic E-state index is 12.2. The highest BCUT2D eigenvalue weighted by molar-refractivity contribution is 6.29. The van der Waals surface area contributed by atoms with E-state index in [1.807, 2.05) is 32.9 Å². The van der Waals surface area contributed by atoms with Crippen molar-refractivity contribution in [3.05, 3.63) is 29.0 Å². The number of pyridine rings is 1. The molecule has 0 aromatic carbocycles. The summed E-state index contributed by atoms with van der Waals surface area (Å²) in [6, 6.07) is 5.38. The molecule has 1 aromatic rings. The molecule has 0 saturated carbocycles. The van der Waals surface area contributed by atoms with Crippen molar-refractivity contribution in [2.75, 3.05) is 6.54 Å². The standard InChI is InChI=1S/C15H21ClN2O2/c1-15(2,3)20-14(19)12-7-5-9-18(12)10-11-6-4-8-13(16)17-11/h4,6,8,12H,5,7,9-10H2,1-3H3/t12-/m0/s1. The van der Waals surface area contributed by atoms with Gasteiger partial charge in [-0.15, -0.1) is 0 Å². The minimum absolute atomic E-state index is 0.142. The Kier molecular flexibility index (Phi) is 4.66. The number of carbonyl (C=O) groups excluding carboxylic acids is 1. The summed E-state index contributed by atoms with van der Waals surface area (Å²) in [5.41, 5.74) is 0.438. The first-order valence-electron chi connectivity index (χ1n) is 6.93. The van der Waals surface area contributed by atoms with E-state index in [-0.39, 0.29) is 12.0 Å². The predicted molar refractivity (Wildman–Crippen MR) is 78.5 cm³/mol. The Balaban J connectivity index is 2.02. The van der Waals surface area contributed by atoms with Gasteiger partial charge in [0.2, 0.25) is 0 Å². The van der Waals surface area contributed by atoms with Crippen LogP contribution >= 0.6 is 11.6 Å². The van der Waals surface area contributed by atoms with Gasteiger partial charge >= 0.3 is 5.97 Å². The molecular weight excluding hydrogens is 276 g/mol. The average molecular weight is 297 g/mol. The van der Waals surface area contributed by atoms with Crippen LogP contribution in [0.4, 0.5) is 0 Å². The molecule has 2 rings (SSSR count). The summed E-state index contributed by atoms with van der Waals surface area (Å²) >= 11 is 5.90. The molecule has 1 fully saturated rings. The molecule has 0 spiro atoms. The number of aromatic nitrogens is 1. The van der Waals surface area contributed by atoms with Crippen LogP contribution in [-0.2, 0) is 16.1 Å². The van der Waals surface area contributed by atoms with Crippen LogP contribution in [0.2, 0.25) is 5.15 Å². The van der Waals surface area contributed by atoms with E-state index in [9.17, 15) is 4.79 Å². The second-order valence-corrected chi connectivity index (χ2v) is 6.50. The van der Waals surface area contributed by atoms with Crippen LogP contribution in [-0.4, -0.2) is 34.0 Å². The van der Waals surface area contributed by atoms with Crippen LogP contribution in [0.15, 0.2) is 18.2 Å². The Labute approximate surface area is 125 Å². The van der Waals surface area contributed by atoms with E-state index in [1.54, 1.807) is 6.07 Å². The van der Waals surface area contributed by atoms with Crippen molar-refractivity contribution in [1.82, 2.24) is 9.88 Å². The smallest absolute Gasteiger partial charge is 0.323 e. The molecule has 1 aliphatic heterocycles. The highest BCUT2D eigenvalue weighted by Crippen LogP contribution is 2.23. The number of rotatable bonds is 3. The van der Waals surface area contributed by atoms with Gasteiger partial charge in [0.1, 0.15) is 16.8 Å². The molecule has 4 nitrogen and oxygen atoms in total. The molecule has 0 N–H and O–H groups in total. The fourth-order valence-corrected chi connectivity index (χ4v) is 2.58. The van der Waals surface area contributed by atoms with Gasteiger partial charge in [0.15, 0.2) is 0 Å². The summed E-state index contributed by atoms with van der Waals surface area (Å²) in [7, 11) is 0. The number of carbonyl (C=O) groups is 1. The van der Waals surface area contributed by atoms with Crippen LogP contribution in [0.1, 0.15) is 39.3 Å². The van der Waals surface area contributed by atoms with Crippen LogP contribution in [0, 0.1) is 0 Å². The number of hydrogen-bond acceptors (Lipinski definition) is 4. The number of ether oxygens (including phenoxy) is 1. The Morgan fingerprint density at radius 3 is 2.90 bits per heavy atom. The molecule has 0 aliphatic carbocycles. The summed E-state index contributed by atoms with van der Waals surface area (Å²) in [5, 5.41) is 0.482. The molecule has 1 aromatic heterocycles. The molecule has 0 amide bonds. The fraction of sp³-hybridized carbons (Fsp3) is 0.600. The quantitative estimate of drug-likeness (QED) is 0.635. The van der Waals surface area contributed by atoms with Crippen molar-refractivity contribution in [1.29, 1.82) is 0 Å². The molecule has 5 heteroatoms. The van der Waals surface area contributed by atoms with E-state index >= 15 is 0 Å². The van der Waals surface area contributed by atoms with Crippen molar-refractivity contribution < 1.29 is 9.53 Å². The van der Waals surface area contributed by atoms with Gasteiger partial charge in [-0.25, -0.2) is 4.98 Å². The maximum Gasteiger partial charge on any atom is 0.323 e. The van der Waals surface area contributed by atoms with E-state index in [4.69, 9.17) is 16.3 Å². The minimum atomic E-state index is -0.445. The third-order valence-corrected chi connectivity index (χ3v) is 3.39. The van der Waals surface area contributed by atoms with Crippen LogP contribution in [0.25, 0.3) is 0 Å². The SMILES string of the molecule is CC(C)(C)OC(=O)[C@@H]1CCCN1Cc1cccc(Cl)n1. The first kappa shape index (κ1) is 15.3. The third-order valence-electron chi connectivity index (χ3n) is 3.18. The largest absolute Gasteiger partial charge is 0.459 e. The van der Waals surface area contributed by atoms with Crippen LogP contribution in [0.3, 0.4) is 0 Å². The normalized spacial score (nSPS) is 20.1. The monoisotopic (exact) mass is 296 g/mol. The summed E-state index contributed by atoms with van der Waals surface area (Å²) < 4.78 is 5.49. The molecule has 110 valence electrons. The molecule has 0 bridgehead atoms. The van der Waals surface area contributed by atoms with Crippen molar-refractivity contribution in [2.24, 2.45) is 0 Å². The van der Waals surface area contributed by atoms with E-state index < -0.39 is 5.60 Å². The van der Waals surface area contributed by atoms with Gasteiger partial charge in [-0.3, -0.25) is 9.69 Å². The van der Waals surface area contributed by atoms with Crippen molar-refractivity contribution >= 4 is 17.6 Å². The highest BCUT2D eigenvalue weighted by atomic mass is 35.5. The average Bonchev–Trinajstić information content (AvgIpc) is 2.75. The van der Waals surface area contributed by atoms with Gasteiger partial charge < -0.3 is 4.74 Å². The summed E-state index contributed by atoms with van der Waals surface area (Å²) in [4.78, 5) is 18.6. The summed E-state index contributed by atoms with van der Waals surface area (Å²) in [5.74, 6) is -0.142. The molecule has 2 heterocycles. The Bertz CT molecular complexity index is 485. The zero-order chi connectivity index (χ0) is 14.8. The first-order chi connectivity index (χ1) is 9.35. The lowest BCUT2D eigenvalue weighted by atomic mass is 10.1. The van der Waals surface area contributed by atoms with Crippen LogP contribution < -0.4 is 0 Å². The zero-order valence-corrected chi connectivity index (χ0v) is 13.0. The van der Waals surface area contributed by atoms with Gasteiger partial charge in [-0.05, 0) is 52.3 Å². The summed E-state index contributed by atoms with van der Waals surface area (Å²) in [6.07, 6.45) is 1.85. The van der Waals surface area contributed by atoms with Crippen molar-refractivity contribution in [3.63, 3.8) is 0 Å². The van der Waals surface area contributed by atoms with Gasteiger partial charge in [-0.1, -0.05) is 17.7 Å². The molecular formula is C15H21ClN2O2. The second-order valence-electron chi connectivity index (χ2n) is 6.11. The van der Waals surface area contributed by atoms with Gasteiger partial charge in [0.05, 0.1) is 5.69 Å². The third kappa shape index (κ3) is 4.18. The fourth-order valence-electron chi connectivity index (χ4n) is 2.40. The second kappa shape index (κ2) is 6.10. The minimum Gasteiger partial charge on any atom is -0.459 e. The van der Waals surface area contributed by atoms with Gasteiger partial charge in [0, 0.05) is 6.54 Å². The molecule has 0 radical (unpaired) electrons. The number of esters is 1. The number of halogens is 1. The van der Waals surface area contributed by atoms with E-state index in [0.29, 0.717) is 11.7 Å². The Hall–Kier alpha value is -1.13. The zero-order valence-electron chi connectivity index (χ0n) is 12.2. The molecule has 0 unspecified atom stereocenters. The molecule has 1 saturated heterocycles. The first-order valence-corrected chi connectivity index (χ1v) is 7.31. The number of nitrogens with zero attached hydrogens (tertiary/aromatic N) is 2. The number of likely N-dealkylation sites (tertiary alicyclic amines) is 1. The van der Waals surface area contributed by atoms with E-state index in [2.05, 4.69) is 9.88 Å². The topological polar surface area (TPSA) is 42.4 Å². The van der Waals surface area contributed by atoms with Crippen molar-refractivity contribution in [3.8, 4) is 0 Å². The van der Waals surface area contributed by atoms with Gasteiger partial charge in [0.25, 0.3) is 0 Å². The molecule has 1 atom stereocenters. The maximum absolute atomic E-state index is 12.2. The molecule has 20 heavy (non-hydrogen) atoms. The highest BCUT2D eigenvalue weighted by Gasteiger charge is 2.34. The Morgan fingerprint density at radius 2 is 2.25 bits per heavy atom. The lowest BCUT2D eigenvalue weighted by Crippen LogP contribution is -2.40. The Morgan fingerprint density at radius 1 is 1.50 bits per heavy atom. The predicted octanol–water partition coefficient (Wildman–Crippen LogP) is 3.04. The molecule has 1 aliphatic rings. The number of hydrogen-bond donors (Lipinski definition) is 0.